The van der Waals surface area contributed by atoms with Crippen molar-refractivity contribution in [2.75, 3.05) is 0 Å². The molecule has 0 radical (unpaired) electrons. The first-order chi connectivity index (χ1) is 27.3. The SMILES string of the molecule is c1ccc(-c2oc3c(ccc4oc5cc(-c6c7ccccc7c(-c7cccc8sc9ccccc9c78)c7ccccc67)ccc5c43)c2-c2ccccc2)cc1. The Hall–Kier alpha value is -6.94. The highest BCUT2D eigenvalue weighted by Crippen LogP contribution is 2.49. The first-order valence-corrected chi connectivity index (χ1v) is 19.5. The van der Waals surface area contributed by atoms with Crippen molar-refractivity contribution in [1.82, 2.24) is 0 Å². The fourth-order valence-electron chi connectivity index (χ4n) is 8.97. The highest BCUT2D eigenvalue weighted by molar-refractivity contribution is 7.26. The Kier molecular flexibility index (Phi) is 6.54. The lowest BCUT2D eigenvalue weighted by Crippen LogP contribution is -1.91. The van der Waals surface area contributed by atoms with E-state index in [0.717, 1.165) is 60.9 Å². The Labute approximate surface area is 320 Å². The van der Waals surface area contributed by atoms with Crippen molar-refractivity contribution >= 4 is 86.0 Å². The number of rotatable bonds is 4. The van der Waals surface area contributed by atoms with Crippen LogP contribution in [0.15, 0.2) is 191 Å². The molecule has 3 aromatic heterocycles. The topological polar surface area (TPSA) is 26.3 Å². The second-order valence-electron chi connectivity index (χ2n) is 14.3. The predicted molar refractivity (Wildman–Crippen MR) is 233 cm³/mol. The second kappa shape index (κ2) is 11.8. The second-order valence-corrected chi connectivity index (χ2v) is 15.4. The first-order valence-electron chi connectivity index (χ1n) is 18.7. The van der Waals surface area contributed by atoms with E-state index in [1.807, 2.05) is 17.4 Å². The molecule has 0 N–H and O–H groups in total. The molecule has 3 heteroatoms. The van der Waals surface area contributed by atoms with Gasteiger partial charge in [0.05, 0.1) is 5.39 Å². The fourth-order valence-corrected chi connectivity index (χ4v) is 10.1. The summed E-state index contributed by atoms with van der Waals surface area (Å²) in [6.45, 7) is 0. The fraction of sp³-hybridized carbons (Fsp3) is 0. The Morgan fingerprint density at radius 3 is 1.65 bits per heavy atom. The molecule has 55 heavy (non-hydrogen) atoms. The van der Waals surface area contributed by atoms with E-state index in [1.54, 1.807) is 0 Å². The summed E-state index contributed by atoms with van der Waals surface area (Å²) in [5.41, 5.74) is 10.6. The van der Waals surface area contributed by atoms with Crippen LogP contribution in [0.25, 0.3) is 119 Å². The molecular weight excluding hydrogens is 689 g/mol. The van der Waals surface area contributed by atoms with Gasteiger partial charge in [-0.1, -0.05) is 146 Å². The van der Waals surface area contributed by atoms with Gasteiger partial charge in [-0.3, -0.25) is 0 Å². The lowest BCUT2D eigenvalue weighted by molar-refractivity contribution is 0.634. The largest absolute Gasteiger partial charge is 0.456 e. The van der Waals surface area contributed by atoms with Gasteiger partial charge in [0.15, 0.2) is 0 Å². The van der Waals surface area contributed by atoms with Crippen LogP contribution in [0.2, 0.25) is 0 Å². The summed E-state index contributed by atoms with van der Waals surface area (Å²) in [6.07, 6.45) is 0. The van der Waals surface area contributed by atoms with Crippen molar-refractivity contribution in [3.05, 3.63) is 182 Å². The van der Waals surface area contributed by atoms with Crippen LogP contribution in [-0.2, 0) is 0 Å². The molecule has 0 amide bonds. The van der Waals surface area contributed by atoms with E-state index in [0.29, 0.717) is 0 Å². The number of benzene rings is 9. The quantitative estimate of drug-likeness (QED) is 0.169. The molecule has 0 bridgehead atoms. The molecule has 0 unspecified atom stereocenters. The maximum atomic E-state index is 6.90. The minimum atomic E-state index is 0.814. The minimum absolute atomic E-state index is 0.814. The lowest BCUT2D eigenvalue weighted by atomic mass is 9.85. The van der Waals surface area contributed by atoms with Crippen LogP contribution >= 0.6 is 11.3 Å². The van der Waals surface area contributed by atoms with Gasteiger partial charge in [-0.15, -0.1) is 11.3 Å². The van der Waals surface area contributed by atoms with Crippen molar-refractivity contribution in [2.45, 2.75) is 0 Å². The van der Waals surface area contributed by atoms with E-state index >= 15 is 0 Å². The molecule has 0 spiro atoms. The molecule has 0 saturated heterocycles. The molecular formula is C52H30O2S. The molecule has 0 aliphatic carbocycles. The van der Waals surface area contributed by atoms with E-state index in [9.17, 15) is 0 Å². The standard InChI is InChI=1S/C52H30O2S/c1-3-14-31(15-4-1)47-41-28-29-42-50(52(41)54-51(47)32-16-5-2-6-17-32)38-27-26-33(30-43(38)53-42)46-34-18-7-9-20-36(34)48(37-21-10-8-19-35(37)46)40-23-13-25-45-49(40)39-22-11-12-24-44(39)55-45/h1-30H. The molecule has 2 nitrogen and oxygen atoms in total. The summed E-state index contributed by atoms with van der Waals surface area (Å²) in [6, 6.07) is 65.2. The Balaban J connectivity index is 1.11. The van der Waals surface area contributed by atoms with Gasteiger partial charge in [-0.2, -0.15) is 0 Å². The maximum Gasteiger partial charge on any atom is 0.147 e. The van der Waals surface area contributed by atoms with E-state index in [1.165, 1.54) is 58.4 Å². The van der Waals surface area contributed by atoms with E-state index in [2.05, 4.69) is 176 Å². The summed E-state index contributed by atoms with van der Waals surface area (Å²) in [5.74, 6) is 0.865. The summed E-state index contributed by atoms with van der Waals surface area (Å²) < 4.78 is 16.2. The zero-order valence-corrected chi connectivity index (χ0v) is 30.4. The van der Waals surface area contributed by atoms with Crippen LogP contribution in [0.3, 0.4) is 0 Å². The smallest absolute Gasteiger partial charge is 0.147 e. The molecule has 12 aromatic rings. The van der Waals surface area contributed by atoms with Gasteiger partial charge in [0.25, 0.3) is 0 Å². The van der Waals surface area contributed by atoms with E-state index in [-0.39, 0.29) is 0 Å². The number of furan rings is 2. The van der Waals surface area contributed by atoms with E-state index < -0.39 is 0 Å². The van der Waals surface area contributed by atoms with Crippen molar-refractivity contribution in [3.8, 4) is 44.7 Å². The molecule has 12 rings (SSSR count). The molecule has 0 saturated carbocycles. The van der Waals surface area contributed by atoms with Crippen molar-refractivity contribution < 1.29 is 8.83 Å². The summed E-state index contributed by atoms with van der Waals surface area (Å²) in [4.78, 5) is 0. The molecule has 0 fully saturated rings. The third-order valence-electron chi connectivity index (χ3n) is 11.3. The van der Waals surface area contributed by atoms with Crippen molar-refractivity contribution in [3.63, 3.8) is 0 Å². The predicted octanol–water partition coefficient (Wildman–Crippen LogP) is 15.7. The van der Waals surface area contributed by atoms with Crippen LogP contribution in [0, 0.1) is 0 Å². The normalized spacial score (nSPS) is 12.0. The average molecular weight is 719 g/mol. The highest BCUT2D eigenvalue weighted by atomic mass is 32.1. The van der Waals surface area contributed by atoms with Crippen LogP contribution in [0.4, 0.5) is 0 Å². The number of hydrogen-bond acceptors (Lipinski definition) is 3. The van der Waals surface area contributed by atoms with Gasteiger partial charge in [0.2, 0.25) is 0 Å². The summed E-state index contributed by atoms with van der Waals surface area (Å²) in [5, 5.41) is 10.7. The zero-order valence-electron chi connectivity index (χ0n) is 29.5. The lowest BCUT2D eigenvalue weighted by Gasteiger charge is -2.18. The summed E-state index contributed by atoms with van der Waals surface area (Å²) >= 11 is 1.87. The van der Waals surface area contributed by atoms with Crippen molar-refractivity contribution in [1.29, 1.82) is 0 Å². The zero-order chi connectivity index (χ0) is 36.0. The monoisotopic (exact) mass is 718 g/mol. The Bertz CT molecular complexity index is 3420. The van der Waals surface area contributed by atoms with Gasteiger partial charge < -0.3 is 8.83 Å². The van der Waals surface area contributed by atoms with Gasteiger partial charge in [-0.25, -0.2) is 0 Å². The van der Waals surface area contributed by atoms with Crippen LogP contribution in [0.5, 0.6) is 0 Å². The van der Waals surface area contributed by atoms with Gasteiger partial charge in [0.1, 0.15) is 22.5 Å². The highest BCUT2D eigenvalue weighted by Gasteiger charge is 2.24. The third kappa shape index (κ3) is 4.48. The van der Waals surface area contributed by atoms with Gasteiger partial charge >= 0.3 is 0 Å². The molecule has 0 aliphatic rings. The van der Waals surface area contributed by atoms with E-state index in [4.69, 9.17) is 8.83 Å². The molecule has 0 aliphatic heterocycles. The molecule has 9 aromatic carbocycles. The average Bonchev–Trinajstić information content (AvgIpc) is 3.94. The van der Waals surface area contributed by atoms with Gasteiger partial charge in [-0.05, 0) is 85.8 Å². The third-order valence-corrected chi connectivity index (χ3v) is 12.4. The van der Waals surface area contributed by atoms with Crippen molar-refractivity contribution in [2.24, 2.45) is 0 Å². The minimum Gasteiger partial charge on any atom is -0.456 e. The molecule has 256 valence electrons. The Morgan fingerprint density at radius 2 is 0.927 bits per heavy atom. The molecule has 3 heterocycles. The molecule has 0 atom stereocenters. The first kappa shape index (κ1) is 30.5. The van der Waals surface area contributed by atoms with Crippen LogP contribution in [0.1, 0.15) is 0 Å². The van der Waals surface area contributed by atoms with Crippen LogP contribution in [-0.4, -0.2) is 0 Å². The number of thiophene rings is 1. The summed E-state index contributed by atoms with van der Waals surface area (Å²) in [7, 11) is 0. The Morgan fingerprint density at radius 1 is 0.327 bits per heavy atom. The maximum absolute atomic E-state index is 6.90. The number of hydrogen-bond donors (Lipinski definition) is 0. The van der Waals surface area contributed by atoms with Gasteiger partial charge in [0, 0.05) is 42.1 Å². The van der Waals surface area contributed by atoms with Crippen LogP contribution < -0.4 is 0 Å². The number of fused-ring (bicyclic) bond motifs is 10.